The van der Waals surface area contributed by atoms with E-state index < -0.39 is 0 Å². The first-order valence-electron chi connectivity index (χ1n) is 5.19. The fourth-order valence-corrected chi connectivity index (χ4v) is 0.841. The number of ether oxygens (including phenoxy) is 4. The lowest BCUT2D eigenvalue weighted by Gasteiger charge is -2.09. The highest BCUT2D eigenvalue weighted by molar-refractivity contribution is 4.49. The van der Waals surface area contributed by atoms with E-state index in [-0.39, 0.29) is 12.2 Å². The Kier molecular flexibility index (Phi) is 15.9. The number of hydrogen-bond donors (Lipinski definition) is 0. The molecule has 0 aliphatic carbocycles. The topological polar surface area (TPSA) is 36.9 Å². The first kappa shape index (κ1) is 17.2. The molecule has 0 aliphatic rings. The fraction of sp³-hybridized carbons (Fsp3) is 1.00. The van der Waals surface area contributed by atoms with Gasteiger partial charge in [0.25, 0.3) is 0 Å². The van der Waals surface area contributed by atoms with E-state index in [1.165, 1.54) is 0 Å². The van der Waals surface area contributed by atoms with Crippen LogP contribution in [0.2, 0.25) is 0 Å². The Morgan fingerprint density at radius 2 is 1.40 bits per heavy atom. The minimum absolute atomic E-state index is 0.227. The summed E-state index contributed by atoms with van der Waals surface area (Å²) in [5, 5.41) is 0. The molecule has 15 heavy (non-hydrogen) atoms. The quantitative estimate of drug-likeness (QED) is 0.657. The van der Waals surface area contributed by atoms with E-state index in [2.05, 4.69) is 6.92 Å². The molecule has 94 valence electrons. The highest BCUT2D eigenvalue weighted by atomic mass is 16.5. The lowest BCUT2D eigenvalue weighted by atomic mass is 10.3. The van der Waals surface area contributed by atoms with Gasteiger partial charge in [-0.25, -0.2) is 0 Å². The molecule has 0 spiro atoms. The highest BCUT2D eigenvalue weighted by Gasteiger charge is 2.00. The molecule has 0 aliphatic heterocycles. The van der Waals surface area contributed by atoms with E-state index in [9.17, 15) is 0 Å². The molecule has 0 saturated heterocycles. The van der Waals surface area contributed by atoms with Crippen LogP contribution in [0.1, 0.15) is 20.3 Å². The molecule has 0 aromatic heterocycles. The molecule has 0 aromatic carbocycles. The van der Waals surface area contributed by atoms with E-state index in [0.29, 0.717) is 13.2 Å². The highest BCUT2D eigenvalue weighted by Crippen LogP contribution is 1.94. The summed E-state index contributed by atoms with van der Waals surface area (Å²) < 4.78 is 19.5. The van der Waals surface area contributed by atoms with Crippen LogP contribution in [0.15, 0.2) is 0 Å². The summed E-state index contributed by atoms with van der Waals surface area (Å²) in [6.45, 7) is 5.42. The first-order valence-corrected chi connectivity index (χ1v) is 5.19. The van der Waals surface area contributed by atoms with Crippen molar-refractivity contribution in [3.8, 4) is 0 Å². The van der Waals surface area contributed by atoms with E-state index in [0.717, 1.165) is 6.42 Å². The van der Waals surface area contributed by atoms with Gasteiger partial charge in [-0.1, -0.05) is 6.92 Å². The third kappa shape index (κ3) is 13.8. The average molecular weight is 222 g/mol. The van der Waals surface area contributed by atoms with Crippen LogP contribution < -0.4 is 0 Å². The lowest BCUT2D eigenvalue weighted by molar-refractivity contribution is 0.0265. The maximum absolute atomic E-state index is 5.01. The normalized spacial score (nSPS) is 14.0. The van der Waals surface area contributed by atoms with Crippen LogP contribution in [0.3, 0.4) is 0 Å². The second-order valence-electron chi connectivity index (χ2n) is 3.22. The fourth-order valence-electron chi connectivity index (χ4n) is 0.841. The summed E-state index contributed by atoms with van der Waals surface area (Å²) >= 11 is 0. The van der Waals surface area contributed by atoms with Crippen LogP contribution in [0.25, 0.3) is 0 Å². The smallest absolute Gasteiger partial charge is 0.0801 e. The summed E-state index contributed by atoms with van der Waals surface area (Å²) in [6, 6.07) is 0. The van der Waals surface area contributed by atoms with Crippen LogP contribution >= 0.6 is 0 Å². The monoisotopic (exact) mass is 222 g/mol. The van der Waals surface area contributed by atoms with Crippen molar-refractivity contribution in [2.45, 2.75) is 32.5 Å². The summed E-state index contributed by atoms with van der Waals surface area (Å²) in [5.41, 5.74) is 0. The maximum atomic E-state index is 5.01. The van der Waals surface area contributed by atoms with Crippen molar-refractivity contribution < 1.29 is 18.9 Å². The van der Waals surface area contributed by atoms with Crippen molar-refractivity contribution in [3.05, 3.63) is 0 Å². The van der Waals surface area contributed by atoms with Crippen molar-refractivity contribution >= 4 is 0 Å². The zero-order chi connectivity index (χ0) is 12.1. The summed E-state index contributed by atoms with van der Waals surface area (Å²) in [7, 11) is 6.72. The largest absolute Gasteiger partial charge is 0.382 e. The molecule has 0 bridgehead atoms. The molecule has 0 aromatic rings. The minimum Gasteiger partial charge on any atom is -0.382 e. The predicted molar refractivity (Wildman–Crippen MR) is 61.3 cm³/mol. The van der Waals surface area contributed by atoms with Crippen LogP contribution in [-0.4, -0.2) is 53.9 Å². The Bertz CT molecular complexity index is 105. The van der Waals surface area contributed by atoms with Gasteiger partial charge in [0.05, 0.1) is 25.4 Å². The van der Waals surface area contributed by atoms with Crippen LogP contribution in [0.4, 0.5) is 0 Å². The first-order chi connectivity index (χ1) is 7.15. The molecular weight excluding hydrogens is 196 g/mol. The Morgan fingerprint density at radius 1 is 0.867 bits per heavy atom. The SMILES string of the molecule is CCC(COC)OC.COCC(C)OC. The van der Waals surface area contributed by atoms with Gasteiger partial charge in [0.2, 0.25) is 0 Å². The molecule has 2 atom stereocenters. The number of rotatable bonds is 7. The van der Waals surface area contributed by atoms with Gasteiger partial charge in [0.1, 0.15) is 0 Å². The third-order valence-corrected chi connectivity index (χ3v) is 1.94. The molecule has 0 heterocycles. The second kappa shape index (κ2) is 13.8. The van der Waals surface area contributed by atoms with Crippen molar-refractivity contribution in [1.29, 1.82) is 0 Å². The standard InChI is InChI=1S/C6H14O2.C5H12O2/c1-4-6(8-3)5-7-2;1-5(7-3)4-6-2/h6H,4-5H2,1-3H3;5H,4H2,1-3H3. The van der Waals surface area contributed by atoms with Crippen LogP contribution in [0.5, 0.6) is 0 Å². The number of methoxy groups -OCH3 is 4. The Labute approximate surface area is 93.8 Å². The Morgan fingerprint density at radius 3 is 1.53 bits per heavy atom. The van der Waals surface area contributed by atoms with Gasteiger partial charge < -0.3 is 18.9 Å². The molecule has 0 rings (SSSR count). The lowest BCUT2D eigenvalue weighted by Crippen LogP contribution is -2.15. The van der Waals surface area contributed by atoms with Crippen molar-refractivity contribution in [2.24, 2.45) is 0 Å². The third-order valence-electron chi connectivity index (χ3n) is 1.94. The molecule has 0 fully saturated rings. The van der Waals surface area contributed by atoms with E-state index in [1.807, 2.05) is 6.92 Å². The van der Waals surface area contributed by atoms with Gasteiger partial charge in [-0.2, -0.15) is 0 Å². The summed E-state index contributed by atoms with van der Waals surface area (Å²) in [4.78, 5) is 0. The van der Waals surface area contributed by atoms with Gasteiger partial charge in [-0.15, -0.1) is 0 Å². The van der Waals surface area contributed by atoms with Gasteiger partial charge in [-0.05, 0) is 13.3 Å². The molecule has 4 heteroatoms. The maximum Gasteiger partial charge on any atom is 0.0801 e. The van der Waals surface area contributed by atoms with Gasteiger partial charge in [0.15, 0.2) is 0 Å². The van der Waals surface area contributed by atoms with Gasteiger partial charge in [0, 0.05) is 28.4 Å². The molecule has 0 N–H and O–H groups in total. The second-order valence-corrected chi connectivity index (χ2v) is 3.22. The molecular formula is C11H26O4. The zero-order valence-corrected chi connectivity index (χ0v) is 10.9. The molecule has 0 saturated carbocycles. The van der Waals surface area contributed by atoms with Gasteiger partial charge >= 0.3 is 0 Å². The van der Waals surface area contributed by atoms with E-state index in [1.54, 1.807) is 28.4 Å². The Hall–Kier alpha value is -0.160. The van der Waals surface area contributed by atoms with E-state index in [4.69, 9.17) is 18.9 Å². The average Bonchev–Trinajstić information content (AvgIpc) is 2.27. The van der Waals surface area contributed by atoms with Crippen molar-refractivity contribution in [2.75, 3.05) is 41.7 Å². The molecule has 2 unspecified atom stereocenters. The van der Waals surface area contributed by atoms with Crippen molar-refractivity contribution in [3.63, 3.8) is 0 Å². The van der Waals surface area contributed by atoms with Gasteiger partial charge in [-0.3, -0.25) is 0 Å². The molecule has 0 radical (unpaired) electrons. The molecule has 0 amide bonds. The van der Waals surface area contributed by atoms with Crippen molar-refractivity contribution in [1.82, 2.24) is 0 Å². The predicted octanol–water partition coefficient (Wildman–Crippen LogP) is 1.73. The minimum atomic E-state index is 0.227. The van der Waals surface area contributed by atoms with E-state index >= 15 is 0 Å². The van der Waals surface area contributed by atoms with Crippen LogP contribution in [0, 0.1) is 0 Å². The summed E-state index contributed by atoms with van der Waals surface area (Å²) in [6.07, 6.45) is 1.52. The Balaban J connectivity index is 0. The van der Waals surface area contributed by atoms with Crippen LogP contribution in [-0.2, 0) is 18.9 Å². The number of hydrogen-bond acceptors (Lipinski definition) is 4. The zero-order valence-electron chi connectivity index (χ0n) is 10.9. The molecule has 4 nitrogen and oxygen atoms in total. The summed E-state index contributed by atoms with van der Waals surface area (Å²) in [5.74, 6) is 0.